The summed E-state index contributed by atoms with van der Waals surface area (Å²) < 4.78 is 5.07. The van der Waals surface area contributed by atoms with E-state index in [4.69, 9.17) is 22.1 Å². The lowest BCUT2D eigenvalue weighted by molar-refractivity contribution is -0.129. The summed E-state index contributed by atoms with van der Waals surface area (Å²) in [6.07, 6.45) is 1.10. The maximum absolute atomic E-state index is 11.9. The van der Waals surface area contributed by atoms with Crippen molar-refractivity contribution in [3.8, 4) is 0 Å². The molecule has 1 atom stereocenters. The zero-order valence-electron chi connectivity index (χ0n) is 10.5. The highest BCUT2D eigenvalue weighted by molar-refractivity contribution is 6.33. The summed E-state index contributed by atoms with van der Waals surface area (Å²) in [7, 11) is 0. The molecular weight excluding hydrogens is 268 g/mol. The molecule has 1 fully saturated rings. The third-order valence-electron chi connectivity index (χ3n) is 2.79. The van der Waals surface area contributed by atoms with E-state index in [0.717, 1.165) is 12.8 Å². The van der Waals surface area contributed by atoms with Gasteiger partial charge in [-0.1, -0.05) is 11.6 Å². The van der Waals surface area contributed by atoms with Crippen LogP contribution in [0.5, 0.6) is 0 Å². The molecule has 19 heavy (non-hydrogen) atoms. The molecule has 1 aliphatic carbocycles. The van der Waals surface area contributed by atoms with Gasteiger partial charge >= 0.3 is 5.97 Å². The average Bonchev–Trinajstić information content (AvgIpc) is 3.15. The largest absolute Gasteiger partial charge is 0.449 e. The number of carbonyl (C=O) groups excluding carboxylic acids is 2. The van der Waals surface area contributed by atoms with Crippen LogP contribution in [0.1, 0.15) is 30.1 Å². The van der Waals surface area contributed by atoms with Crippen LogP contribution in [-0.2, 0) is 9.53 Å². The number of anilines is 1. The van der Waals surface area contributed by atoms with Crippen LogP contribution in [0.3, 0.4) is 0 Å². The molecule has 6 heteroatoms. The van der Waals surface area contributed by atoms with Gasteiger partial charge in [0, 0.05) is 11.7 Å². The van der Waals surface area contributed by atoms with Crippen molar-refractivity contribution in [1.29, 1.82) is 0 Å². The van der Waals surface area contributed by atoms with E-state index in [2.05, 4.69) is 5.32 Å². The molecule has 3 N–H and O–H groups in total. The Bertz CT molecular complexity index is 515. The van der Waals surface area contributed by atoms with E-state index in [1.165, 1.54) is 19.1 Å². The summed E-state index contributed by atoms with van der Waals surface area (Å²) in [4.78, 5) is 23.6. The SMILES string of the molecule is CC(OC(=O)c1cc(N)ccc1Cl)C(=O)NC1CC1. The third kappa shape index (κ3) is 3.61. The van der Waals surface area contributed by atoms with E-state index >= 15 is 0 Å². The minimum Gasteiger partial charge on any atom is -0.449 e. The molecule has 1 aliphatic rings. The molecule has 5 nitrogen and oxygen atoms in total. The Labute approximate surface area is 116 Å². The van der Waals surface area contributed by atoms with E-state index < -0.39 is 12.1 Å². The predicted molar refractivity (Wildman–Crippen MR) is 71.9 cm³/mol. The smallest absolute Gasteiger partial charge is 0.340 e. The van der Waals surface area contributed by atoms with Crippen LogP contribution in [0, 0.1) is 0 Å². The maximum Gasteiger partial charge on any atom is 0.340 e. The van der Waals surface area contributed by atoms with Gasteiger partial charge in [0.2, 0.25) is 0 Å². The van der Waals surface area contributed by atoms with Crippen molar-refractivity contribution >= 4 is 29.2 Å². The van der Waals surface area contributed by atoms with Gasteiger partial charge in [-0.3, -0.25) is 4.79 Å². The van der Waals surface area contributed by atoms with Gasteiger partial charge in [-0.05, 0) is 38.0 Å². The molecule has 1 amide bonds. The molecular formula is C13H15ClN2O3. The number of carbonyl (C=O) groups is 2. The molecule has 1 unspecified atom stereocenters. The van der Waals surface area contributed by atoms with E-state index in [-0.39, 0.29) is 22.5 Å². The summed E-state index contributed by atoms with van der Waals surface area (Å²) in [6.45, 7) is 1.52. The predicted octanol–water partition coefficient (Wildman–Crippen LogP) is 1.75. The minimum absolute atomic E-state index is 0.160. The Morgan fingerprint density at radius 2 is 2.16 bits per heavy atom. The molecule has 1 aromatic rings. The quantitative estimate of drug-likeness (QED) is 0.651. The highest BCUT2D eigenvalue weighted by Crippen LogP contribution is 2.21. The highest BCUT2D eigenvalue weighted by Gasteiger charge is 2.27. The average molecular weight is 283 g/mol. The maximum atomic E-state index is 11.9. The number of nitrogens with one attached hydrogen (secondary N) is 1. The van der Waals surface area contributed by atoms with Crippen LogP contribution in [0.2, 0.25) is 5.02 Å². The van der Waals surface area contributed by atoms with Crippen LogP contribution in [0.25, 0.3) is 0 Å². The fraction of sp³-hybridized carbons (Fsp3) is 0.385. The standard InChI is InChI=1S/C13H15ClN2O3/c1-7(12(17)16-9-3-4-9)19-13(18)10-6-8(15)2-5-11(10)14/h2,5-7,9H,3-4,15H2,1H3,(H,16,17). The molecule has 0 aliphatic heterocycles. The molecule has 0 heterocycles. The second-order valence-electron chi connectivity index (χ2n) is 4.57. The van der Waals surface area contributed by atoms with E-state index in [1.54, 1.807) is 6.07 Å². The van der Waals surface area contributed by atoms with Crippen LogP contribution >= 0.6 is 11.6 Å². The lowest BCUT2D eigenvalue weighted by Gasteiger charge is -2.13. The molecule has 2 rings (SSSR count). The normalized spacial score (nSPS) is 15.7. The van der Waals surface area contributed by atoms with Gasteiger partial charge in [0.25, 0.3) is 5.91 Å². The first-order valence-electron chi connectivity index (χ1n) is 6.03. The van der Waals surface area contributed by atoms with Crippen molar-refractivity contribution in [2.75, 3.05) is 5.73 Å². The Hall–Kier alpha value is -1.75. The summed E-state index contributed by atoms with van der Waals surface area (Å²) in [5.41, 5.74) is 6.15. The Balaban J connectivity index is 1.99. The number of nitrogen functional groups attached to an aromatic ring is 1. The summed E-state index contributed by atoms with van der Waals surface area (Å²) in [5.74, 6) is -0.952. The number of rotatable bonds is 4. The van der Waals surface area contributed by atoms with E-state index in [0.29, 0.717) is 5.69 Å². The number of ether oxygens (including phenoxy) is 1. The monoisotopic (exact) mass is 282 g/mol. The number of hydrogen-bond donors (Lipinski definition) is 2. The molecule has 0 radical (unpaired) electrons. The van der Waals surface area contributed by atoms with Crippen molar-refractivity contribution in [2.24, 2.45) is 0 Å². The number of nitrogens with two attached hydrogens (primary N) is 1. The van der Waals surface area contributed by atoms with E-state index in [9.17, 15) is 9.59 Å². The Morgan fingerprint density at radius 1 is 1.47 bits per heavy atom. The summed E-state index contributed by atoms with van der Waals surface area (Å²) in [6, 6.07) is 4.76. The number of esters is 1. The molecule has 102 valence electrons. The highest BCUT2D eigenvalue weighted by atomic mass is 35.5. The van der Waals surface area contributed by atoms with Gasteiger partial charge < -0.3 is 15.8 Å². The van der Waals surface area contributed by atoms with Crippen molar-refractivity contribution in [1.82, 2.24) is 5.32 Å². The second kappa shape index (κ2) is 5.48. The molecule has 0 aromatic heterocycles. The van der Waals surface area contributed by atoms with E-state index in [1.807, 2.05) is 0 Å². The zero-order chi connectivity index (χ0) is 14.0. The topological polar surface area (TPSA) is 81.4 Å². The fourth-order valence-electron chi connectivity index (χ4n) is 1.52. The number of amides is 1. The first-order chi connectivity index (χ1) is 8.97. The van der Waals surface area contributed by atoms with Gasteiger partial charge in [0.05, 0.1) is 10.6 Å². The molecule has 1 aromatic carbocycles. The number of benzene rings is 1. The molecule has 0 spiro atoms. The first kappa shape index (κ1) is 13.7. The summed E-state index contributed by atoms with van der Waals surface area (Å²) in [5, 5.41) is 3.01. The van der Waals surface area contributed by atoms with Crippen LogP contribution in [0.15, 0.2) is 18.2 Å². The fourth-order valence-corrected chi connectivity index (χ4v) is 1.72. The number of halogens is 1. The van der Waals surface area contributed by atoms with Crippen molar-refractivity contribution < 1.29 is 14.3 Å². The Morgan fingerprint density at radius 3 is 2.79 bits per heavy atom. The zero-order valence-corrected chi connectivity index (χ0v) is 11.2. The number of hydrogen-bond acceptors (Lipinski definition) is 4. The molecule has 1 saturated carbocycles. The Kier molecular flexibility index (Phi) is 3.95. The van der Waals surface area contributed by atoms with Crippen molar-refractivity contribution in [3.63, 3.8) is 0 Å². The van der Waals surface area contributed by atoms with Gasteiger partial charge in [0.15, 0.2) is 6.10 Å². The van der Waals surface area contributed by atoms with Gasteiger partial charge in [-0.2, -0.15) is 0 Å². The second-order valence-corrected chi connectivity index (χ2v) is 4.98. The van der Waals surface area contributed by atoms with Gasteiger partial charge in [0.1, 0.15) is 0 Å². The van der Waals surface area contributed by atoms with Crippen molar-refractivity contribution in [2.45, 2.75) is 31.9 Å². The lowest BCUT2D eigenvalue weighted by atomic mass is 10.2. The lowest BCUT2D eigenvalue weighted by Crippen LogP contribution is -2.37. The van der Waals surface area contributed by atoms with Crippen LogP contribution in [-0.4, -0.2) is 24.0 Å². The summed E-state index contributed by atoms with van der Waals surface area (Å²) >= 11 is 5.89. The van der Waals surface area contributed by atoms with Gasteiger partial charge in [-0.15, -0.1) is 0 Å². The molecule has 0 saturated heterocycles. The molecule has 0 bridgehead atoms. The van der Waals surface area contributed by atoms with Crippen LogP contribution in [0.4, 0.5) is 5.69 Å². The minimum atomic E-state index is -0.856. The van der Waals surface area contributed by atoms with Gasteiger partial charge in [-0.25, -0.2) is 4.79 Å². The first-order valence-corrected chi connectivity index (χ1v) is 6.41. The van der Waals surface area contributed by atoms with Crippen LogP contribution < -0.4 is 11.1 Å². The van der Waals surface area contributed by atoms with Crippen molar-refractivity contribution in [3.05, 3.63) is 28.8 Å². The third-order valence-corrected chi connectivity index (χ3v) is 3.12.